The number of benzene rings is 1. The van der Waals surface area contributed by atoms with Crippen molar-refractivity contribution in [1.29, 1.82) is 0 Å². The fourth-order valence-electron chi connectivity index (χ4n) is 0.926. The zero-order chi connectivity index (χ0) is 9.84. The Labute approximate surface area is 95.7 Å². The second kappa shape index (κ2) is 4.89. The van der Waals surface area contributed by atoms with Crippen LogP contribution in [0, 0.1) is 0 Å². The molecule has 13 heavy (non-hydrogen) atoms. The van der Waals surface area contributed by atoms with Gasteiger partial charge in [0.05, 0.1) is 10.0 Å². The van der Waals surface area contributed by atoms with E-state index in [2.05, 4.69) is 15.9 Å². The van der Waals surface area contributed by atoms with Gasteiger partial charge in [-0.25, -0.2) is 0 Å². The van der Waals surface area contributed by atoms with E-state index in [4.69, 9.17) is 28.9 Å². The van der Waals surface area contributed by atoms with E-state index in [9.17, 15) is 0 Å². The highest BCUT2D eigenvalue weighted by Crippen LogP contribution is 2.28. The maximum Gasteiger partial charge on any atom is 0.0513 e. The summed E-state index contributed by atoms with van der Waals surface area (Å²) in [6.45, 7) is 0. The molecular weight excluding hydrogens is 273 g/mol. The van der Waals surface area contributed by atoms with Crippen LogP contribution in [0.1, 0.15) is 5.56 Å². The molecule has 0 fully saturated rings. The van der Waals surface area contributed by atoms with Crippen molar-refractivity contribution < 1.29 is 0 Å². The van der Waals surface area contributed by atoms with Crippen molar-refractivity contribution in [3.05, 3.63) is 33.8 Å². The first kappa shape index (κ1) is 10.9. The molecule has 0 aliphatic rings. The lowest BCUT2D eigenvalue weighted by molar-refractivity contribution is 1.63. The topological polar surface area (TPSA) is 26.0 Å². The van der Waals surface area contributed by atoms with Gasteiger partial charge in [-0.2, -0.15) is 0 Å². The Morgan fingerprint density at radius 3 is 2.31 bits per heavy atom. The smallest absolute Gasteiger partial charge is 0.0513 e. The minimum absolute atomic E-state index is 0.571. The highest BCUT2D eigenvalue weighted by Gasteiger charge is 2.03. The molecule has 0 heterocycles. The van der Waals surface area contributed by atoms with Crippen molar-refractivity contribution in [1.82, 2.24) is 0 Å². The quantitative estimate of drug-likeness (QED) is 0.644. The lowest BCUT2D eigenvalue weighted by atomic mass is 10.2. The zero-order valence-electron chi connectivity index (χ0n) is 6.73. The molecule has 0 spiro atoms. The SMILES string of the molecule is Nc1cc(Cl)c(C=CCBr)c(Cl)c1. The molecule has 0 amide bonds. The van der Waals surface area contributed by atoms with Crippen LogP contribution in [0.5, 0.6) is 0 Å². The van der Waals surface area contributed by atoms with Crippen molar-refractivity contribution in [2.75, 3.05) is 11.1 Å². The van der Waals surface area contributed by atoms with Crippen LogP contribution >= 0.6 is 39.1 Å². The van der Waals surface area contributed by atoms with Crippen molar-refractivity contribution >= 4 is 50.9 Å². The maximum absolute atomic E-state index is 5.94. The van der Waals surface area contributed by atoms with E-state index in [0.717, 1.165) is 10.9 Å². The van der Waals surface area contributed by atoms with E-state index in [1.807, 2.05) is 12.2 Å². The number of hydrogen-bond donors (Lipinski definition) is 1. The van der Waals surface area contributed by atoms with Crippen LogP contribution in [0.4, 0.5) is 5.69 Å². The molecule has 0 unspecified atom stereocenters. The average Bonchev–Trinajstić information content (AvgIpc) is 2.02. The minimum Gasteiger partial charge on any atom is -0.399 e. The Bertz CT molecular complexity index is 313. The molecular formula is C9H8BrCl2N. The second-order valence-electron chi connectivity index (χ2n) is 2.45. The summed E-state index contributed by atoms with van der Waals surface area (Å²) in [5.74, 6) is 0. The zero-order valence-corrected chi connectivity index (χ0v) is 9.83. The molecule has 0 radical (unpaired) electrons. The molecule has 0 saturated heterocycles. The van der Waals surface area contributed by atoms with Gasteiger partial charge in [0.2, 0.25) is 0 Å². The number of anilines is 1. The number of allylic oxidation sites excluding steroid dienone is 1. The van der Waals surface area contributed by atoms with Crippen LogP contribution < -0.4 is 5.73 Å². The Kier molecular flexibility index (Phi) is 4.10. The van der Waals surface area contributed by atoms with Gasteiger partial charge in [0, 0.05) is 16.6 Å². The van der Waals surface area contributed by atoms with Crippen LogP contribution in [0.2, 0.25) is 10.0 Å². The van der Waals surface area contributed by atoms with Crippen LogP contribution in [0.3, 0.4) is 0 Å². The molecule has 2 N–H and O–H groups in total. The van der Waals surface area contributed by atoms with E-state index >= 15 is 0 Å². The minimum atomic E-state index is 0.571. The molecule has 4 heteroatoms. The average molecular weight is 281 g/mol. The van der Waals surface area contributed by atoms with Crippen LogP contribution in [-0.2, 0) is 0 Å². The van der Waals surface area contributed by atoms with E-state index in [1.54, 1.807) is 12.1 Å². The normalized spacial score (nSPS) is 11.0. The maximum atomic E-state index is 5.94. The summed E-state index contributed by atoms with van der Waals surface area (Å²) in [6, 6.07) is 3.36. The first-order valence-electron chi connectivity index (χ1n) is 3.62. The molecule has 0 aliphatic heterocycles. The summed E-state index contributed by atoms with van der Waals surface area (Å²) < 4.78 is 0. The van der Waals surface area contributed by atoms with Crippen LogP contribution in [0.25, 0.3) is 6.08 Å². The van der Waals surface area contributed by atoms with Gasteiger partial charge in [-0.05, 0) is 12.1 Å². The van der Waals surface area contributed by atoms with Gasteiger partial charge < -0.3 is 5.73 Å². The van der Waals surface area contributed by atoms with Gasteiger partial charge in [-0.15, -0.1) is 0 Å². The Balaban J connectivity index is 3.13. The molecule has 1 rings (SSSR count). The van der Waals surface area contributed by atoms with Crippen molar-refractivity contribution in [3.8, 4) is 0 Å². The van der Waals surface area contributed by atoms with E-state index in [-0.39, 0.29) is 0 Å². The Hall–Kier alpha value is -0.180. The third-order valence-electron chi connectivity index (χ3n) is 1.47. The first-order valence-corrected chi connectivity index (χ1v) is 5.50. The standard InChI is InChI=1S/C9H8BrCl2N/c10-3-1-2-7-8(11)4-6(13)5-9(7)12/h1-2,4-5H,3,13H2. The van der Waals surface area contributed by atoms with Crippen molar-refractivity contribution in [3.63, 3.8) is 0 Å². The van der Waals surface area contributed by atoms with E-state index < -0.39 is 0 Å². The van der Waals surface area contributed by atoms with Gasteiger partial charge >= 0.3 is 0 Å². The van der Waals surface area contributed by atoms with Gasteiger partial charge in [0.1, 0.15) is 0 Å². The van der Waals surface area contributed by atoms with Gasteiger partial charge in [-0.1, -0.05) is 51.3 Å². The Morgan fingerprint density at radius 2 is 1.85 bits per heavy atom. The molecule has 1 aromatic rings. The second-order valence-corrected chi connectivity index (χ2v) is 3.92. The molecule has 0 aromatic heterocycles. The van der Waals surface area contributed by atoms with Gasteiger partial charge in [-0.3, -0.25) is 0 Å². The third-order valence-corrected chi connectivity index (χ3v) is 2.47. The van der Waals surface area contributed by atoms with Crippen molar-refractivity contribution in [2.45, 2.75) is 0 Å². The molecule has 1 nitrogen and oxygen atoms in total. The molecule has 70 valence electrons. The fraction of sp³-hybridized carbons (Fsp3) is 0.111. The largest absolute Gasteiger partial charge is 0.399 e. The number of hydrogen-bond acceptors (Lipinski definition) is 1. The predicted octanol–water partition coefficient (Wildman–Crippen LogP) is 3.98. The number of rotatable bonds is 2. The van der Waals surface area contributed by atoms with Crippen LogP contribution in [0.15, 0.2) is 18.2 Å². The molecule has 0 atom stereocenters. The molecule has 0 aliphatic carbocycles. The lowest BCUT2D eigenvalue weighted by Crippen LogP contribution is -1.86. The summed E-state index contributed by atoms with van der Waals surface area (Å²) in [7, 11) is 0. The Morgan fingerprint density at radius 1 is 1.31 bits per heavy atom. The molecule has 0 bridgehead atoms. The van der Waals surface area contributed by atoms with Gasteiger partial charge in [0.25, 0.3) is 0 Å². The fourth-order valence-corrected chi connectivity index (χ4v) is 1.74. The van der Waals surface area contributed by atoms with Gasteiger partial charge in [0.15, 0.2) is 0 Å². The molecule has 0 saturated carbocycles. The van der Waals surface area contributed by atoms with E-state index in [0.29, 0.717) is 15.7 Å². The number of alkyl halides is 1. The summed E-state index contributed by atoms with van der Waals surface area (Å²) >= 11 is 15.2. The number of nitrogens with two attached hydrogens (primary N) is 1. The predicted molar refractivity (Wildman–Crippen MR) is 63.7 cm³/mol. The highest BCUT2D eigenvalue weighted by atomic mass is 79.9. The first-order chi connectivity index (χ1) is 6.15. The summed E-state index contributed by atoms with van der Waals surface area (Å²) in [5, 5.41) is 1.91. The summed E-state index contributed by atoms with van der Waals surface area (Å²) in [4.78, 5) is 0. The van der Waals surface area contributed by atoms with E-state index in [1.165, 1.54) is 0 Å². The van der Waals surface area contributed by atoms with Crippen molar-refractivity contribution in [2.24, 2.45) is 0 Å². The number of halogens is 3. The molecule has 1 aromatic carbocycles. The summed E-state index contributed by atoms with van der Waals surface area (Å²) in [6.07, 6.45) is 3.78. The number of nitrogen functional groups attached to an aromatic ring is 1. The third kappa shape index (κ3) is 2.90. The highest BCUT2D eigenvalue weighted by molar-refractivity contribution is 9.09. The lowest BCUT2D eigenvalue weighted by Gasteiger charge is -2.02. The monoisotopic (exact) mass is 279 g/mol. The summed E-state index contributed by atoms with van der Waals surface area (Å²) in [5.41, 5.74) is 6.93. The van der Waals surface area contributed by atoms with Crippen LogP contribution in [-0.4, -0.2) is 5.33 Å².